The Balaban J connectivity index is 1.95. The molecular weight excluding hydrogens is 278 g/mol. The van der Waals surface area contributed by atoms with Gasteiger partial charge in [-0.1, -0.05) is 0 Å². The normalized spacial score (nSPS) is 14.7. The summed E-state index contributed by atoms with van der Waals surface area (Å²) in [5.41, 5.74) is 0.216. The molecule has 1 aromatic heterocycles. The van der Waals surface area contributed by atoms with Crippen molar-refractivity contribution in [1.82, 2.24) is 14.9 Å². The summed E-state index contributed by atoms with van der Waals surface area (Å²) in [7, 11) is 0. The first-order chi connectivity index (χ1) is 9.97. The van der Waals surface area contributed by atoms with Crippen LogP contribution in [0.15, 0.2) is 12.4 Å². The summed E-state index contributed by atoms with van der Waals surface area (Å²) in [4.78, 5) is 44.5. The van der Waals surface area contributed by atoms with Gasteiger partial charge in [0.1, 0.15) is 0 Å². The van der Waals surface area contributed by atoms with Crippen molar-refractivity contribution in [3.63, 3.8) is 0 Å². The Labute approximate surface area is 120 Å². The van der Waals surface area contributed by atoms with Gasteiger partial charge in [-0.2, -0.15) is 0 Å². The molecule has 9 heteroatoms. The highest BCUT2D eigenvalue weighted by atomic mass is 16.4. The highest BCUT2D eigenvalue weighted by Gasteiger charge is 2.20. The maximum Gasteiger partial charge on any atom is 0.394 e. The van der Waals surface area contributed by atoms with Crippen LogP contribution in [0.5, 0.6) is 0 Å². The Hall–Kier alpha value is -2.71. The molecule has 0 spiro atoms. The van der Waals surface area contributed by atoms with Crippen molar-refractivity contribution in [3.05, 3.63) is 12.4 Å². The second-order valence-electron chi connectivity index (χ2n) is 4.52. The van der Waals surface area contributed by atoms with Gasteiger partial charge in [0, 0.05) is 33.1 Å². The SMILES string of the molecule is CC(=O)N1CCN(c2ncc(NC(=O)C(=O)O)cn2)CC1. The molecule has 2 amide bonds. The first-order valence-electron chi connectivity index (χ1n) is 6.34. The molecular formula is C12H15N5O4. The molecule has 2 heterocycles. The van der Waals surface area contributed by atoms with Gasteiger partial charge in [-0.15, -0.1) is 0 Å². The Morgan fingerprint density at radius 2 is 1.71 bits per heavy atom. The average Bonchev–Trinajstić information content (AvgIpc) is 2.48. The lowest BCUT2D eigenvalue weighted by atomic mass is 10.3. The van der Waals surface area contributed by atoms with Crippen LogP contribution in [0.3, 0.4) is 0 Å². The van der Waals surface area contributed by atoms with Crippen molar-refractivity contribution < 1.29 is 19.5 Å². The molecule has 1 aromatic rings. The standard InChI is InChI=1S/C12H15N5O4/c1-8(18)16-2-4-17(5-3-16)12-13-6-9(7-14-12)15-10(19)11(20)21/h6-7H,2-5H2,1H3,(H,15,19)(H,20,21). The number of nitrogens with zero attached hydrogens (tertiary/aromatic N) is 4. The van der Waals surface area contributed by atoms with Crippen LogP contribution in [0.1, 0.15) is 6.92 Å². The van der Waals surface area contributed by atoms with Crippen molar-refractivity contribution in [2.24, 2.45) is 0 Å². The number of hydrogen-bond acceptors (Lipinski definition) is 6. The lowest BCUT2D eigenvalue weighted by Crippen LogP contribution is -2.48. The molecule has 1 saturated heterocycles. The quantitative estimate of drug-likeness (QED) is 0.683. The third kappa shape index (κ3) is 3.65. The van der Waals surface area contributed by atoms with E-state index in [9.17, 15) is 14.4 Å². The van der Waals surface area contributed by atoms with Crippen molar-refractivity contribution in [2.45, 2.75) is 6.92 Å². The largest absolute Gasteiger partial charge is 0.474 e. The van der Waals surface area contributed by atoms with E-state index in [1.54, 1.807) is 4.90 Å². The number of carboxylic acid groups (broad SMARTS) is 1. The fourth-order valence-electron chi connectivity index (χ4n) is 1.95. The van der Waals surface area contributed by atoms with Crippen LogP contribution in [-0.2, 0) is 14.4 Å². The minimum absolute atomic E-state index is 0.0438. The summed E-state index contributed by atoms with van der Waals surface area (Å²) in [5.74, 6) is -2.19. The smallest absolute Gasteiger partial charge is 0.394 e. The maximum absolute atomic E-state index is 11.2. The monoisotopic (exact) mass is 293 g/mol. The number of piperazine rings is 1. The molecule has 1 aliphatic heterocycles. The third-order valence-electron chi connectivity index (χ3n) is 3.10. The van der Waals surface area contributed by atoms with Gasteiger partial charge < -0.3 is 20.2 Å². The molecule has 21 heavy (non-hydrogen) atoms. The van der Waals surface area contributed by atoms with E-state index in [1.807, 2.05) is 4.90 Å². The molecule has 112 valence electrons. The van der Waals surface area contributed by atoms with E-state index in [1.165, 1.54) is 19.3 Å². The lowest BCUT2D eigenvalue weighted by molar-refractivity contribution is -0.147. The van der Waals surface area contributed by atoms with E-state index >= 15 is 0 Å². The molecule has 0 atom stereocenters. The van der Waals surface area contributed by atoms with E-state index in [4.69, 9.17) is 5.11 Å². The molecule has 2 rings (SSSR count). The van der Waals surface area contributed by atoms with Gasteiger partial charge in [0.2, 0.25) is 11.9 Å². The molecule has 2 N–H and O–H groups in total. The predicted molar refractivity (Wildman–Crippen MR) is 72.8 cm³/mol. The maximum atomic E-state index is 11.2. The molecule has 0 aromatic carbocycles. The van der Waals surface area contributed by atoms with Crippen LogP contribution in [0, 0.1) is 0 Å². The van der Waals surface area contributed by atoms with E-state index in [2.05, 4.69) is 15.3 Å². The van der Waals surface area contributed by atoms with Gasteiger partial charge >= 0.3 is 11.9 Å². The number of carboxylic acids is 1. The van der Waals surface area contributed by atoms with E-state index in [0.29, 0.717) is 32.1 Å². The summed E-state index contributed by atoms with van der Waals surface area (Å²) >= 11 is 0. The van der Waals surface area contributed by atoms with Crippen molar-refractivity contribution >= 4 is 29.4 Å². The summed E-state index contributed by atoms with van der Waals surface area (Å²) < 4.78 is 0. The number of anilines is 2. The van der Waals surface area contributed by atoms with Gasteiger partial charge in [-0.05, 0) is 0 Å². The number of hydrogen-bond donors (Lipinski definition) is 2. The van der Waals surface area contributed by atoms with Crippen LogP contribution in [0.4, 0.5) is 11.6 Å². The highest BCUT2D eigenvalue weighted by Crippen LogP contribution is 2.12. The Morgan fingerprint density at radius 3 is 2.19 bits per heavy atom. The molecule has 0 unspecified atom stereocenters. The van der Waals surface area contributed by atoms with Gasteiger partial charge in [0.05, 0.1) is 18.1 Å². The van der Waals surface area contributed by atoms with Gasteiger partial charge in [-0.25, -0.2) is 14.8 Å². The van der Waals surface area contributed by atoms with Crippen molar-refractivity contribution in [3.8, 4) is 0 Å². The average molecular weight is 293 g/mol. The number of aromatic nitrogens is 2. The first-order valence-corrected chi connectivity index (χ1v) is 6.34. The second-order valence-corrected chi connectivity index (χ2v) is 4.52. The second kappa shape index (κ2) is 6.16. The predicted octanol–water partition coefficient (Wildman–Crippen LogP) is -0.832. The Bertz CT molecular complexity index is 551. The molecule has 0 radical (unpaired) electrons. The summed E-state index contributed by atoms with van der Waals surface area (Å²) in [5, 5.41) is 10.6. The first kappa shape index (κ1) is 14.7. The molecule has 1 fully saturated rings. The Morgan fingerprint density at radius 1 is 1.14 bits per heavy atom. The number of amides is 2. The molecule has 0 bridgehead atoms. The van der Waals surface area contributed by atoms with Crippen LogP contribution < -0.4 is 10.2 Å². The summed E-state index contributed by atoms with van der Waals surface area (Å²) in [6.07, 6.45) is 2.70. The van der Waals surface area contributed by atoms with Gasteiger partial charge in [0.15, 0.2) is 0 Å². The number of nitrogens with one attached hydrogen (secondary N) is 1. The molecule has 0 saturated carbocycles. The fraction of sp³-hybridized carbons (Fsp3) is 0.417. The minimum Gasteiger partial charge on any atom is -0.474 e. The zero-order valence-electron chi connectivity index (χ0n) is 11.4. The number of carbonyl (C=O) groups excluding carboxylic acids is 2. The van der Waals surface area contributed by atoms with Crippen molar-refractivity contribution in [2.75, 3.05) is 36.4 Å². The van der Waals surface area contributed by atoms with Crippen LogP contribution in [0.2, 0.25) is 0 Å². The molecule has 1 aliphatic rings. The van der Waals surface area contributed by atoms with E-state index in [-0.39, 0.29) is 11.6 Å². The zero-order valence-corrected chi connectivity index (χ0v) is 11.4. The van der Waals surface area contributed by atoms with Gasteiger partial charge in [-0.3, -0.25) is 9.59 Å². The van der Waals surface area contributed by atoms with Gasteiger partial charge in [0.25, 0.3) is 0 Å². The number of carbonyl (C=O) groups is 3. The van der Waals surface area contributed by atoms with E-state index in [0.717, 1.165) is 0 Å². The minimum atomic E-state index is -1.57. The lowest BCUT2D eigenvalue weighted by Gasteiger charge is -2.34. The van der Waals surface area contributed by atoms with Crippen LogP contribution in [0.25, 0.3) is 0 Å². The van der Waals surface area contributed by atoms with Crippen molar-refractivity contribution in [1.29, 1.82) is 0 Å². The summed E-state index contributed by atoms with van der Waals surface area (Å²) in [6, 6.07) is 0. The van der Waals surface area contributed by atoms with Crippen LogP contribution in [-0.4, -0.2) is 63.9 Å². The number of aliphatic carboxylic acids is 1. The fourth-order valence-corrected chi connectivity index (χ4v) is 1.95. The topological polar surface area (TPSA) is 116 Å². The summed E-state index contributed by atoms with van der Waals surface area (Å²) in [6.45, 7) is 4.00. The zero-order chi connectivity index (χ0) is 15.4. The van der Waals surface area contributed by atoms with E-state index < -0.39 is 11.9 Å². The third-order valence-corrected chi connectivity index (χ3v) is 3.10. The van der Waals surface area contributed by atoms with Crippen LogP contribution >= 0.6 is 0 Å². The molecule has 9 nitrogen and oxygen atoms in total. The molecule has 0 aliphatic carbocycles. The number of rotatable bonds is 2. The highest BCUT2D eigenvalue weighted by molar-refractivity contribution is 6.36. The Kier molecular flexibility index (Phi) is 4.31.